The van der Waals surface area contributed by atoms with Crippen LogP contribution in [0, 0.1) is 0 Å². The molecule has 0 atom stereocenters. The van der Waals surface area contributed by atoms with Crippen LogP contribution in [0.2, 0.25) is 0 Å². The molecule has 3 saturated heterocycles. The molecular formula is C10H22N2+2. The van der Waals surface area contributed by atoms with Gasteiger partial charge in [-0.25, -0.2) is 0 Å². The van der Waals surface area contributed by atoms with Crippen LogP contribution in [0.3, 0.4) is 0 Å². The van der Waals surface area contributed by atoms with E-state index in [1.165, 1.54) is 63.1 Å². The Morgan fingerprint density at radius 1 is 1.08 bits per heavy atom. The number of hydrogen-bond acceptors (Lipinski definition) is 0. The van der Waals surface area contributed by atoms with Gasteiger partial charge < -0.3 is 9.38 Å². The molecule has 2 bridgehead atoms. The van der Waals surface area contributed by atoms with Crippen LogP contribution >= 0.6 is 0 Å². The van der Waals surface area contributed by atoms with Crippen molar-refractivity contribution in [1.29, 1.82) is 0 Å². The lowest BCUT2D eigenvalue weighted by atomic mass is 10.1. The Kier molecular flexibility index (Phi) is 2.37. The van der Waals surface area contributed by atoms with Crippen LogP contribution in [-0.2, 0) is 0 Å². The molecule has 0 saturated carbocycles. The molecule has 3 rings (SSSR count). The highest BCUT2D eigenvalue weighted by Gasteiger charge is 2.40. The normalized spacial score (nSPS) is 40.2. The highest BCUT2D eigenvalue weighted by Crippen LogP contribution is 2.11. The van der Waals surface area contributed by atoms with E-state index in [1.807, 2.05) is 4.90 Å². The van der Waals surface area contributed by atoms with Crippen LogP contribution in [0.25, 0.3) is 0 Å². The minimum atomic E-state index is 1.37. The molecule has 0 aromatic carbocycles. The lowest BCUT2D eigenvalue weighted by Crippen LogP contribution is -3.19. The van der Waals surface area contributed by atoms with E-state index in [9.17, 15) is 0 Å². The van der Waals surface area contributed by atoms with Crippen molar-refractivity contribution >= 4 is 0 Å². The van der Waals surface area contributed by atoms with E-state index in [2.05, 4.69) is 6.92 Å². The van der Waals surface area contributed by atoms with Gasteiger partial charge in [0.05, 0.1) is 6.54 Å². The highest BCUT2D eigenvalue weighted by atomic mass is 15.4. The monoisotopic (exact) mass is 170 g/mol. The summed E-state index contributed by atoms with van der Waals surface area (Å²) in [5.74, 6) is 0. The molecule has 1 N–H and O–H groups in total. The molecule has 3 fully saturated rings. The van der Waals surface area contributed by atoms with Gasteiger partial charge in [-0.15, -0.1) is 0 Å². The molecule has 0 aromatic rings. The topological polar surface area (TPSA) is 4.44 Å². The number of quaternary nitrogens is 2. The third-order valence-electron chi connectivity index (χ3n) is 3.81. The number of fused-ring (bicyclic) bond motifs is 3. The molecule has 0 unspecified atom stereocenters. The van der Waals surface area contributed by atoms with Gasteiger partial charge in [0, 0.05) is 0 Å². The summed E-state index contributed by atoms with van der Waals surface area (Å²) in [7, 11) is 0. The molecule has 70 valence electrons. The molecule has 0 radical (unpaired) electrons. The Hall–Kier alpha value is -0.0800. The zero-order valence-electron chi connectivity index (χ0n) is 8.31. The molecule has 0 aliphatic carbocycles. The second-order valence-electron chi connectivity index (χ2n) is 4.59. The van der Waals surface area contributed by atoms with Crippen LogP contribution in [-0.4, -0.2) is 50.3 Å². The minimum absolute atomic E-state index is 1.37. The van der Waals surface area contributed by atoms with Crippen molar-refractivity contribution in [2.45, 2.75) is 19.8 Å². The van der Waals surface area contributed by atoms with Crippen molar-refractivity contribution in [2.75, 3.05) is 45.8 Å². The second-order valence-corrected chi connectivity index (χ2v) is 4.59. The summed E-state index contributed by atoms with van der Waals surface area (Å²) in [6, 6.07) is 0. The van der Waals surface area contributed by atoms with Gasteiger partial charge in [-0.2, -0.15) is 0 Å². The first-order chi connectivity index (χ1) is 5.85. The number of rotatable bonds is 3. The standard InChI is InChI=1S/C10H21N2/c1-2-3-7-12-8-4-11(5-9-12)6-10-12/h2-10H2,1H3/q+1/p+1. The van der Waals surface area contributed by atoms with Crippen molar-refractivity contribution in [3.05, 3.63) is 0 Å². The van der Waals surface area contributed by atoms with E-state index in [0.717, 1.165) is 0 Å². The molecule has 0 amide bonds. The Balaban J connectivity index is 1.90. The number of unbranched alkanes of at least 4 members (excludes halogenated alkanes) is 1. The van der Waals surface area contributed by atoms with Crippen LogP contribution in [0.4, 0.5) is 0 Å². The molecule has 0 spiro atoms. The lowest BCUT2D eigenvalue weighted by molar-refractivity contribution is -1.07. The van der Waals surface area contributed by atoms with Gasteiger partial charge in [0.2, 0.25) is 0 Å². The Morgan fingerprint density at radius 2 is 1.67 bits per heavy atom. The first-order valence-corrected chi connectivity index (χ1v) is 5.53. The fourth-order valence-electron chi connectivity index (χ4n) is 2.73. The fraction of sp³-hybridized carbons (Fsp3) is 1.00. The van der Waals surface area contributed by atoms with Crippen molar-refractivity contribution in [1.82, 2.24) is 0 Å². The highest BCUT2D eigenvalue weighted by molar-refractivity contribution is 4.55. The van der Waals surface area contributed by atoms with E-state index >= 15 is 0 Å². The first kappa shape index (κ1) is 8.52. The smallest absolute Gasteiger partial charge is 0.129 e. The zero-order chi connectivity index (χ0) is 8.44. The SMILES string of the molecule is CCCC[N+]12CC[NH+](CC1)CC2. The van der Waals surface area contributed by atoms with E-state index < -0.39 is 0 Å². The summed E-state index contributed by atoms with van der Waals surface area (Å²) in [6.07, 6.45) is 2.81. The maximum Gasteiger partial charge on any atom is 0.129 e. The zero-order valence-corrected chi connectivity index (χ0v) is 8.31. The van der Waals surface area contributed by atoms with E-state index in [-0.39, 0.29) is 0 Å². The van der Waals surface area contributed by atoms with Gasteiger partial charge >= 0.3 is 0 Å². The van der Waals surface area contributed by atoms with Gasteiger partial charge in [-0.1, -0.05) is 13.3 Å². The third-order valence-corrected chi connectivity index (χ3v) is 3.81. The average Bonchev–Trinajstić information content (AvgIpc) is 2.18. The summed E-state index contributed by atoms with van der Waals surface area (Å²) in [5.41, 5.74) is 0. The van der Waals surface area contributed by atoms with Crippen LogP contribution in [0.1, 0.15) is 19.8 Å². The summed E-state index contributed by atoms with van der Waals surface area (Å²) in [4.78, 5) is 1.87. The molecule has 2 heteroatoms. The predicted octanol–water partition coefficient (Wildman–Crippen LogP) is -0.485. The minimum Gasteiger partial charge on any atom is -0.321 e. The van der Waals surface area contributed by atoms with Crippen LogP contribution < -0.4 is 4.90 Å². The molecule has 3 aliphatic heterocycles. The Bertz CT molecular complexity index is 134. The lowest BCUT2D eigenvalue weighted by Gasteiger charge is -2.48. The van der Waals surface area contributed by atoms with Gasteiger partial charge in [0.15, 0.2) is 0 Å². The first-order valence-electron chi connectivity index (χ1n) is 5.53. The third kappa shape index (κ3) is 1.50. The van der Waals surface area contributed by atoms with Gasteiger partial charge in [0.1, 0.15) is 39.3 Å². The van der Waals surface area contributed by atoms with Gasteiger partial charge in [-0.05, 0) is 6.42 Å². The molecule has 0 aromatic heterocycles. The maximum absolute atomic E-state index is 2.31. The van der Waals surface area contributed by atoms with Gasteiger partial charge in [0.25, 0.3) is 0 Å². The van der Waals surface area contributed by atoms with Crippen LogP contribution in [0.15, 0.2) is 0 Å². The molecular weight excluding hydrogens is 148 g/mol. The van der Waals surface area contributed by atoms with Crippen molar-refractivity contribution in [3.63, 3.8) is 0 Å². The van der Waals surface area contributed by atoms with E-state index in [0.29, 0.717) is 0 Å². The number of piperazine rings is 3. The summed E-state index contributed by atoms with van der Waals surface area (Å²) >= 11 is 0. The van der Waals surface area contributed by atoms with Crippen molar-refractivity contribution in [3.8, 4) is 0 Å². The van der Waals surface area contributed by atoms with Crippen LogP contribution in [0.5, 0.6) is 0 Å². The van der Waals surface area contributed by atoms with Crippen molar-refractivity contribution in [2.24, 2.45) is 0 Å². The molecule has 12 heavy (non-hydrogen) atoms. The average molecular weight is 170 g/mol. The summed E-state index contributed by atoms with van der Waals surface area (Å²) < 4.78 is 1.47. The second kappa shape index (κ2) is 3.35. The predicted molar refractivity (Wildman–Crippen MR) is 50.2 cm³/mol. The Labute approximate surface area is 75.7 Å². The number of nitrogens with one attached hydrogen (secondary N) is 1. The number of hydrogen-bond donors (Lipinski definition) is 1. The molecule has 3 aliphatic rings. The molecule has 2 nitrogen and oxygen atoms in total. The maximum atomic E-state index is 2.31. The quantitative estimate of drug-likeness (QED) is 0.546. The van der Waals surface area contributed by atoms with Crippen molar-refractivity contribution < 1.29 is 9.38 Å². The largest absolute Gasteiger partial charge is 0.321 e. The summed E-state index contributed by atoms with van der Waals surface area (Å²) in [5, 5.41) is 0. The van der Waals surface area contributed by atoms with E-state index in [1.54, 1.807) is 0 Å². The summed E-state index contributed by atoms with van der Waals surface area (Å²) in [6.45, 7) is 12.5. The van der Waals surface area contributed by atoms with E-state index in [4.69, 9.17) is 0 Å². The Morgan fingerprint density at radius 3 is 2.17 bits per heavy atom. The number of nitrogens with zero attached hydrogens (tertiary/aromatic N) is 1. The fourth-order valence-corrected chi connectivity index (χ4v) is 2.73. The van der Waals surface area contributed by atoms with Gasteiger partial charge in [-0.3, -0.25) is 0 Å². The molecule has 3 heterocycles.